The third kappa shape index (κ3) is 2.67. The number of aryl methyl sites for hydroxylation is 1. The molecule has 1 heterocycles. The zero-order valence-electron chi connectivity index (χ0n) is 13.7. The molecule has 0 spiro atoms. The molecule has 4 nitrogen and oxygen atoms in total. The van der Waals surface area contributed by atoms with Crippen LogP contribution in [0.25, 0.3) is 0 Å². The first-order valence-corrected chi connectivity index (χ1v) is 8.55. The van der Waals surface area contributed by atoms with Gasteiger partial charge in [0.05, 0.1) is 12.4 Å². The van der Waals surface area contributed by atoms with Crippen molar-refractivity contribution in [3.63, 3.8) is 0 Å². The van der Waals surface area contributed by atoms with Gasteiger partial charge in [-0.3, -0.25) is 4.79 Å². The molecule has 0 bridgehead atoms. The van der Waals surface area contributed by atoms with Crippen LogP contribution in [0.2, 0.25) is 0 Å². The number of carbonyl (C=O) groups is 1. The molecule has 4 heteroatoms. The number of imidazole rings is 1. The highest BCUT2D eigenvalue weighted by molar-refractivity contribution is 5.83. The van der Waals surface area contributed by atoms with E-state index in [4.69, 9.17) is 0 Å². The summed E-state index contributed by atoms with van der Waals surface area (Å²) in [6.07, 6.45) is 6.53. The number of amides is 1. The topological polar surface area (TPSA) is 57.8 Å². The largest absolute Gasteiger partial charge is 0.349 e. The van der Waals surface area contributed by atoms with E-state index in [0.29, 0.717) is 11.8 Å². The molecule has 1 aromatic carbocycles. The van der Waals surface area contributed by atoms with E-state index in [1.54, 1.807) is 6.33 Å². The van der Waals surface area contributed by atoms with Crippen molar-refractivity contribution >= 4 is 5.91 Å². The summed E-state index contributed by atoms with van der Waals surface area (Å²) < 4.78 is 0. The Labute approximate surface area is 136 Å². The van der Waals surface area contributed by atoms with Crippen LogP contribution in [0, 0.1) is 5.92 Å². The van der Waals surface area contributed by atoms with Gasteiger partial charge in [0.25, 0.3) is 0 Å². The van der Waals surface area contributed by atoms with E-state index >= 15 is 0 Å². The number of hydrogen-bond acceptors (Lipinski definition) is 2. The van der Waals surface area contributed by atoms with Crippen LogP contribution in [0.5, 0.6) is 0 Å². The number of fused-ring (bicyclic) bond motifs is 1. The second-order valence-corrected chi connectivity index (χ2v) is 7.17. The molecule has 1 fully saturated rings. The monoisotopic (exact) mass is 309 g/mol. The van der Waals surface area contributed by atoms with E-state index in [1.165, 1.54) is 16.7 Å². The molecular weight excluding hydrogens is 286 g/mol. The van der Waals surface area contributed by atoms with Crippen molar-refractivity contribution in [2.75, 3.05) is 0 Å². The molecule has 2 aromatic rings. The molecule has 4 rings (SSSR count). The van der Waals surface area contributed by atoms with Gasteiger partial charge in [-0.1, -0.05) is 32.0 Å². The minimum Gasteiger partial charge on any atom is -0.349 e. The van der Waals surface area contributed by atoms with Crippen LogP contribution in [0.3, 0.4) is 0 Å². The Morgan fingerprint density at radius 1 is 1.39 bits per heavy atom. The highest BCUT2D eigenvalue weighted by atomic mass is 16.2. The molecule has 2 aliphatic carbocycles. The normalized spacial score (nSPS) is 25.4. The first-order chi connectivity index (χ1) is 11.1. The van der Waals surface area contributed by atoms with Gasteiger partial charge in [-0.25, -0.2) is 4.98 Å². The molecule has 3 atom stereocenters. The van der Waals surface area contributed by atoms with Gasteiger partial charge < -0.3 is 10.3 Å². The number of benzene rings is 1. The second kappa shape index (κ2) is 5.52. The third-order valence-corrected chi connectivity index (χ3v) is 5.28. The van der Waals surface area contributed by atoms with E-state index in [1.807, 2.05) is 6.20 Å². The number of nitrogens with one attached hydrogen (secondary N) is 2. The number of rotatable bonds is 4. The van der Waals surface area contributed by atoms with Gasteiger partial charge >= 0.3 is 0 Å². The Bertz CT molecular complexity index is 720. The fourth-order valence-corrected chi connectivity index (χ4v) is 3.71. The number of nitrogens with zero attached hydrogens (tertiary/aromatic N) is 1. The van der Waals surface area contributed by atoms with Crippen molar-refractivity contribution in [3.8, 4) is 0 Å². The molecule has 0 aliphatic heterocycles. The minimum atomic E-state index is 0.104. The Kier molecular flexibility index (Phi) is 3.47. The van der Waals surface area contributed by atoms with Gasteiger partial charge in [0.2, 0.25) is 5.91 Å². The number of carbonyl (C=O) groups excluding carboxylic acids is 1. The van der Waals surface area contributed by atoms with Crippen molar-refractivity contribution in [3.05, 3.63) is 53.1 Å². The SMILES string of the molecule is CC(C)c1ccc2c(c1)C(NC(=O)[C@@H]1C[C@H]1c1cnc[nH]1)CC2. The molecule has 1 aromatic heterocycles. The van der Waals surface area contributed by atoms with Crippen molar-refractivity contribution in [1.29, 1.82) is 0 Å². The predicted molar refractivity (Wildman–Crippen MR) is 89.2 cm³/mol. The average Bonchev–Trinajstić information content (AvgIpc) is 2.98. The summed E-state index contributed by atoms with van der Waals surface area (Å²) in [5, 5.41) is 3.28. The number of H-pyrrole nitrogens is 1. The minimum absolute atomic E-state index is 0.104. The summed E-state index contributed by atoms with van der Waals surface area (Å²) in [5.41, 5.74) is 5.15. The molecule has 0 radical (unpaired) electrons. The molecule has 1 amide bonds. The molecule has 0 saturated heterocycles. The molecule has 1 unspecified atom stereocenters. The van der Waals surface area contributed by atoms with Crippen molar-refractivity contribution in [2.45, 2.75) is 51.0 Å². The van der Waals surface area contributed by atoms with Crippen molar-refractivity contribution < 1.29 is 4.79 Å². The Morgan fingerprint density at radius 3 is 3.00 bits per heavy atom. The van der Waals surface area contributed by atoms with Crippen LogP contribution in [-0.4, -0.2) is 15.9 Å². The number of hydrogen-bond donors (Lipinski definition) is 2. The molecule has 23 heavy (non-hydrogen) atoms. The van der Waals surface area contributed by atoms with E-state index in [0.717, 1.165) is 25.0 Å². The second-order valence-electron chi connectivity index (χ2n) is 7.17. The Hall–Kier alpha value is -2.10. The summed E-state index contributed by atoms with van der Waals surface area (Å²) in [5.74, 6) is 1.14. The number of aromatic amines is 1. The zero-order valence-corrected chi connectivity index (χ0v) is 13.7. The van der Waals surface area contributed by atoms with Gasteiger partial charge in [0.1, 0.15) is 0 Å². The van der Waals surface area contributed by atoms with Crippen molar-refractivity contribution in [2.24, 2.45) is 5.92 Å². The lowest BCUT2D eigenvalue weighted by Crippen LogP contribution is -2.29. The summed E-state index contributed by atoms with van der Waals surface area (Å²) in [6.45, 7) is 4.42. The Balaban J connectivity index is 1.45. The zero-order chi connectivity index (χ0) is 16.0. The van der Waals surface area contributed by atoms with Gasteiger partial charge in [0, 0.05) is 23.7 Å². The van der Waals surface area contributed by atoms with Crippen LogP contribution < -0.4 is 5.32 Å². The van der Waals surface area contributed by atoms with Gasteiger partial charge in [-0.2, -0.15) is 0 Å². The molecule has 2 N–H and O–H groups in total. The van der Waals surface area contributed by atoms with E-state index in [2.05, 4.69) is 47.3 Å². The lowest BCUT2D eigenvalue weighted by molar-refractivity contribution is -0.123. The highest BCUT2D eigenvalue weighted by Gasteiger charge is 2.45. The molecule has 1 saturated carbocycles. The summed E-state index contributed by atoms with van der Waals surface area (Å²) in [7, 11) is 0. The maximum Gasteiger partial charge on any atom is 0.224 e. The highest BCUT2D eigenvalue weighted by Crippen LogP contribution is 2.47. The van der Waals surface area contributed by atoms with Gasteiger partial charge in [-0.05, 0) is 41.9 Å². The van der Waals surface area contributed by atoms with Gasteiger partial charge in [0.15, 0.2) is 0 Å². The van der Waals surface area contributed by atoms with Crippen molar-refractivity contribution in [1.82, 2.24) is 15.3 Å². The maximum absolute atomic E-state index is 12.6. The van der Waals surface area contributed by atoms with Crippen LogP contribution >= 0.6 is 0 Å². The van der Waals surface area contributed by atoms with E-state index in [-0.39, 0.29) is 17.9 Å². The summed E-state index contributed by atoms with van der Waals surface area (Å²) in [6, 6.07) is 6.93. The third-order valence-electron chi connectivity index (χ3n) is 5.28. The first kappa shape index (κ1) is 14.5. The summed E-state index contributed by atoms with van der Waals surface area (Å²) >= 11 is 0. The predicted octanol–water partition coefficient (Wildman–Crippen LogP) is 3.44. The van der Waals surface area contributed by atoms with E-state index < -0.39 is 0 Å². The molecule has 2 aliphatic rings. The Morgan fingerprint density at radius 2 is 2.26 bits per heavy atom. The quantitative estimate of drug-likeness (QED) is 0.909. The average molecular weight is 309 g/mol. The number of aromatic nitrogens is 2. The standard InChI is InChI=1S/C19H23N3O/c1-11(2)13-4-3-12-5-6-17(14(12)7-13)22-19(23)16-8-15(16)18-9-20-10-21-18/h3-4,7,9-11,15-17H,5-6,8H2,1-2H3,(H,20,21)(H,22,23)/t15-,16-,17?/m1/s1. The smallest absolute Gasteiger partial charge is 0.224 e. The van der Waals surface area contributed by atoms with Crippen LogP contribution in [-0.2, 0) is 11.2 Å². The van der Waals surface area contributed by atoms with E-state index in [9.17, 15) is 4.79 Å². The van der Waals surface area contributed by atoms with Crippen LogP contribution in [0.1, 0.15) is 67.0 Å². The summed E-state index contributed by atoms with van der Waals surface area (Å²) in [4.78, 5) is 19.7. The lowest BCUT2D eigenvalue weighted by atomic mass is 9.97. The fourth-order valence-electron chi connectivity index (χ4n) is 3.71. The molecular formula is C19H23N3O. The van der Waals surface area contributed by atoms with Crippen LogP contribution in [0.15, 0.2) is 30.7 Å². The fraction of sp³-hybridized carbons (Fsp3) is 0.474. The van der Waals surface area contributed by atoms with Gasteiger partial charge in [-0.15, -0.1) is 0 Å². The maximum atomic E-state index is 12.6. The molecule has 120 valence electrons. The van der Waals surface area contributed by atoms with Crippen LogP contribution in [0.4, 0.5) is 0 Å². The lowest BCUT2D eigenvalue weighted by Gasteiger charge is -2.16. The first-order valence-electron chi connectivity index (χ1n) is 8.55.